The molecular weight excluding hydrogens is 335 g/mol. The standard InChI is InChI=1S/C17H24Cl2N2O2/c1-11-9-14(19)15(10-13(11)18)20-12-5-7-21(8-6-12)16(22)23-17(2,3)4/h9-10,12,20H,5-8H2,1-4H3. The fourth-order valence-corrected chi connectivity index (χ4v) is 2.95. The Morgan fingerprint density at radius 3 is 2.39 bits per heavy atom. The molecule has 1 aromatic carbocycles. The van der Waals surface area contributed by atoms with Crippen LogP contribution < -0.4 is 5.32 Å². The van der Waals surface area contributed by atoms with Crippen molar-refractivity contribution >= 4 is 35.0 Å². The molecule has 2 rings (SSSR count). The molecule has 0 aliphatic carbocycles. The molecular formula is C17H24Cl2N2O2. The highest BCUT2D eigenvalue weighted by atomic mass is 35.5. The second-order valence-electron chi connectivity index (χ2n) is 6.97. The first-order valence-corrected chi connectivity index (χ1v) is 8.61. The van der Waals surface area contributed by atoms with Gasteiger partial charge >= 0.3 is 6.09 Å². The lowest BCUT2D eigenvalue weighted by molar-refractivity contribution is 0.0210. The highest BCUT2D eigenvalue weighted by Gasteiger charge is 2.27. The summed E-state index contributed by atoms with van der Waals surface area (Å²) < 4.78 is 5.41. The number of rotatable bonds is 2. The van der Waals surface area contributed by atoms with E-state index in [1.807, 2.05) is 39.8 Å². The van der Waals surface area contributed by atoms with Gasteiger partial charge in [0.15, 0.2) is 0 Å². The molecule has 128 valence electrons. The van der Waals surface area contributed by atoms with Gasteiger partial charge in [0.05, 0.1) is 10.7 Å². The summed E-state index contributed by atoms with van der Waals surface area (Å²) in [7, 11) is 0. The average Bonchev–Trinajstić information content (AvgIpc) is 2.43. The van der Waals surface area contributed by atoms with E-state index in [1.54, 1.807) is 4.90 Å². The van der Waals surface area contributed by atoms with E-state index in [0.717, 1.165) is 24.1 Å². The SMILES string of the molecule is Cc1cc(Cl)c(NC2CCN(C(=O)OC(C)(C)C)CC2)cc1Cl. The number of hydrogen-bond acceptors (Lipinski definition) is 3. The lowest BCUT2D eigenvalue weighted by Gasteiger charge is -2.34. The predicted octanol–water partition coefficient (Wildman–Crippen LogP) is 5.11. The number of hydrogen-bond donors (Lipinski definition) is 1. The van der Waals surface area contributed by atoms with Crippen molar-refractivity contribution in [2.45, 2.75) is 52.2 Å². The van der Waals surface area contributed by atoms with Crippen molar-refractivity contribution in [2.24, 2.45) is 0 Å². The van der Waals surface area contributed by atoms with Crippen molar-refractivity contribution in [1.82, 2.24) is 4.90 Å². The molecule has 0 spiro atoms. The van der Waals surface area contributed by atoms with Gasteiger partial charge in [-0.05, 0) is 58.2 Å². The van der Waals surface area contributed by atoms with Crippen LogP contribution in [0.1, 0.15) is 39.2 Å². The molecule has 0 saturated carbocycles. The topological polar surface area (TPSA) is 41.6 Å². The summed E-state index contributed by atoms with van der Waals surface area (Å²) in [5, 5.41) is 4.80. The molecule has 0 atom stereocenters. The predicted molar refractivity (Wildman–Crippen MR) is 95.7 cm³/mol. The van der Waals surface area contributed by atoms with Crippen LogP contribution in [0.25, 0.3) is 0 Å². The molecule has 23 heavy (non-hydrogen) atoms. The quantitative estimate of drug-likeness (QED) is 0.798. The summed E-state index contributed by atoms with van der Waals surface area (Å²) >= 11 is 12.4. The first-order chi connectivity index (χ1) is 10.7. The molecule has 1 aromatic rings. The van der Waals surface area contributed by atoms with Crippen molar-refractivity contribution in [1.29, 1.82) is 0 Å². The zero-order valence-electron chi connectivity index (χ0n) is 14.1. The lowest BCUT2D eigenvalue weighted by Crippen LogP contribution is -2.44. The van der Waals surface area contributed by atoms with Crippen LogP contribution in [0.2, 0.25) is 10.0 Å². The highest BCUT2D eigenvalue weighted by Crippen LogP contribution is 2.30. The number of aryl methyl sites for hydroxylation is 1. The Morgan fingerprint density at radius 2 is 1.83 bits per heavy atom. The number of anilines is 1. The van der Waals surface area contributed by atoms with Crippen molar-refractivity contribution in [3.05, 3.63) is 27.7 Å². The minimum absolute atomic E-state index is 0.243. The van der Waals surface area contributed by atoms with Gasteiger partial charge in [-0.3, -0.25) is 0 Å². The Morgan fingerprint density at radius 1 is 1.22 bits per heavy atom. The molecule has 0 radical (unpaired) electrons. The van der Waals surface area contributed by atoms with Gasteiger partial charge in [-0.25, -0.2) is 4.79 Å². The third kappa shape index (κ3) is 5.18. The fraction of sp³-hybridized carbons (Fsp3) is 0.588. The second-order valence-corrected chi connectivity index (χ2v) is 7.78. The van der Waals surface area contributed by atoms with Crippen LogP contribution in [0, 0.1) is 6.92 Å². The minimum Gasteiger partial charge on any atom is -0.444 e. The van der Waals surface area contributed by atoms with Crippen molar-refractivity contribution in [2.75, 3.05) is 18.4 Å². The fourth-order valence-electron chi connectivity index (χ4n) is 2.51. The van der Waals surface area contributed by atoms with E-state index in [2.05, 4.69) is 5.32 Å². The Bertz CT molecular complexity index is 577. The number of carbonyl (C=O) groups is 1. The molecule has 0 aromatic heterocycles. The Labute approximate surface area is 148 Å². The molecule has 1 N–H and O–H groups in total. The average molecular weight is 359 g/mol. The van der Waals surface area contributed by atoms with Crippen molar-refractivity contribution in [3.8, 4) is 0 Å². The van der Waals surface area contributed by atoms with Gasteiger partial charge in [0.2, 0.25) is 0 Å². The van der Waals surface area contributed by atoms with Gasteiger partial charge in [-0.1, -0.05) is 23.2 Å². The third-order valence-electron chi connectivity index (χ3n) is 3.75. The Hall–Kier alpha value is -1.13. The monoisotopic (exact) mass is 358 g/mol. The number of amides is 1. The van der Waals surface area contributed by atoms with E-state index in [1.165, 1.54) is 0 Å². The van der Waals surface area contributed by atoms with Crippen LogP contribution in [0.5, 0.6) is 0 Å². The van der Waals surface area contributed by atoms with Crippen molar-refractivity contribution < 1.29 is 9.53 Å². The summed E-state index contributed by atoms with van der Waals surface area (Å²) in [6, 6.07) is 3.99. The van der Waals surface area contributed by atoms with Crippen LogP contribution in [-0.2, 0) is 4.74 Å². The third-order valence-corrected chi connectivity index (χ3v) is 4.47. The Balaban J connectivity index is 1.90. The smallest absolute Gasteiger partial charge is 0.410 e. The summed E-state index contributed by atoms with van der Waals surface area (Å²) in [6.45, 7) is 8.90. The highest BCUT2D eigenvalue weighted by molar-refractivity contribution is 6.35. The summed E-state index contributed by atoms with van der Waals surface area (Å²) in [5.74, 6) is 0. The van der Waals surface area contributed by atoms with E-state index in [9.17, 15) is 4.79 Å². The molecule has 1 fully saturated rings. The number of carbonyl (C=O) groups excluding carboxylic acids is 1. The zero-order chi connectivity index (χ0) is 17.2. The molecule has 1 heterocycles. The maximum absolute atomic E-state index is 12.1. The summed E-state index contributed by atoms with van der Waals surface area (Å²) in [4.78, 5) is 13.8. The van der Waals surface area contributed by atoms with Crippen LogP contribution >= 0.6 is 23.2 Å². The van der Waals surface area contributed by atoms with E-state index in [-0.39, 0.29) is 12.1 Å². The molecule has 6 heteroatoms. The van der Waals surface area contributed by atoms with Gasteiger partial charge in [-0.2, -0.15) is 0 Å². The van der Waals surface area contributed by atoms with E-state index in [0.29, 0.717) is 23.1 Å². The second kappa shape index (κ2) is 7.18. The van der Waals surface area contributed by atoms with Crippen LogP contribution in [0.15, 0.2) is 12.1 Å². The first kappa shape index (κ1) is 18.2. The molecule has 1 aliphatic rings. The molecule has 0 bridgehead atoms. The van der Waals surface area contributed by atoms with Crippen LogP contribution in [0.3, 0.4) is 0 Å². The number of piperidine rings is 1. The van der Waals surface area contributed by atoms with Gasteiger partial charge in [0.25, 0.3) is 0 Å². The van der Waals surface area contributed by atoms with Crippen molar-refractivity contribution in [3.63, 3.8) is 0 Å². The Kier molecular flexibility index (Phi) is 5.69. The first-order valence-electron chi connectivity index (χ1n) is 7.86. The van der Waals surface area contributed by atoms with Crippen LogP contribution in [0.4, 0.5) is 10.5 Å². The van der Waals surface area contributed by atoms with Gasteiger partial charge < -0.3 is 15.0 Å². The largest absolute Gasteiger partial charge is 0.444 e. The van der Waals surface area contributed by atoms with Gasteiger partial charge in [0, 0.05) is 24.2 Å². The summed E-state index contributed by atoms with van der Waals surface area (Å²) in [6.07, 6.45) is 1.45. The summed E-state index contributed by atoms with van der Waals surface area (Å²) in [5.41, 5.74) is 1.35. The lowest BCUT2D eigenvalue weighted by atomic mass is 10.0. The molecule has 0 unspecified atom stereocenters. The number of benzene rings is 1. The van der Waals surface area contributed by atoms with Gasteiger partial charge in [-0.15, -0.1) is 0 Å². The number of halogens is 2. The maximum atomic E-state index is 12.1. The number of nitrogens with one attached hydrogen (secondary N) is 1. The molecule has 1 saturated heterocycles. The van der Waals surface area contributed by atoms with E-state index < -0.39 is 5.60 Å². The zero-order valence-corrected chi connectivity index (χ0v) is 15.6. The number of nitrogens with zero attached hydrogens (tertiary/aromatic N) is 1. The number of ether oxygens (including phenoxy) is 1. The maximum Gasteiger partial charge on any atom is 0.410 e. The minimum atomic E-state index is -0.460. The van der Waals surface area contributed by atoms with E-state index >= 15 is 0 Å². The van der Waals surface area contributed by atoms with E-state index in [4.69, 9.17) is 27.9 Å². The number of likely N-dealkylation sites (tertiary alicyclic amines) is 1. The molecule has 1 aliphatic heterocycles. The van der Waals surface area contributed by atoms with Crippen LogP contribution in [-0.4, -0.2) is 35.7 Å². The molecule has 4 nitrogen and oxygen atoms in total. The normalized spacial score (nSPS) is 16.3. The molecule has 1 amide bonds. The van der Waals surface area contributed by atoms with Gasteiger partial charge in [0.1, 0.15) is 5.60 Å².